The number of carbonyl (C=O) groups is 3. The monoisotopic (exact) mass is 356 g/mol. The van der Waals surface area contributed by atoms with Crippen LogP contribution in [0.4, 0.5) is 11.4 Å². The summed E-state index contributed by atoms with van der Waals surface area (Å²) in [6.07, 6.45) is 0. The summed E-state index contributed by atoms with van der Waals surface area (Å²) in [7, 11) is 0. The van der Waals surface area contributed by atoms with Crippen molar-refractivity contribution in [1.82, 2.24) is 0 Å². The SMILES string of the molecule is CC(=O)OCC(=O)N(N)c1cccc(C)c1C(=O)N(N)c1ccccc1. The van der Waals surface area contributed by atoms with E-state index in [0.29, 0.717) is 11.3 Å². The molecule has 0 saturated heterocycles. The number of hydrogen-bond donors (Lipinski definition) is 2. The molecule has 26 heavy (non-hydrogen) atoms. The van der Waals surface area contributed by atoms with Crippen molar-refractivity contribution < 1.29 is 19.1 Å². The number of para-hydroxylation sites is 1. The van der Waals surface area contributed by atoms with Crippen molar-refractivity contribution >= 4 is 29.2 Å². The lowest BCUT2D eigenvalue weighted by Crippen LogP contribution is -2.43. The zero-order chi connectivity index (χ0) is 19.3. The van der Waals surface area contributed by atoms with Gasteiger partial charge in [-0.3, -0.25) is 14.4 Å². The van der Waals surface area contributed by atoms with Gasteiger partial charge in [0.15, 0.2) is 6.61 Å². The Bertz CT molecular complexity index is 823. The van der Waals surface area contributed by atoms with Crippen molar-refractivity contribution in [2.75, 3.05) is 16.6 Å². The van der Waals surface area contributed by atoms with E-state index < -0.39 is 24.4 Å². The fourth-order valence-electron chi connectivity index (χ4n) is 2.32. The van der Waals surface area contributed by atoms with Crippen LogP contribution in [0.15, 0.2) is 48.5 Å². The van der Waals surface area contributed by atoms with E-state index in [4.69, 9.17) is 11.7 Å². The third-order valence-electron chi connectivity index (χ3n) is 3.64. The summed E-state index contributed by atoms with van der Waals surface area (Å²) in [6, 6.07) is 13.5. The minimum atomic E-state index is -0.678. The Labute approximate surface area is 150 Å². The molecule has 0 atom stereocenters. The van der Waals surface area contributed by atoms with Gasteiger partial charge < -0.3 is 4.74 Å². The van der Waals surface area contributed by atoms with E-state index in [9.17, 15) is 14.4 Å². The fraction of sp³-hybridized carbons (Fsp3) is 0.167. The van der Waals surface area contributed by atoms with Gasteiger partial charge in [0, 0.05) is 6.92 Å². The number of nitrogens with two attached hydrogens (primary N) is 2. The largest absolute Gasteiger partial charge is 0.456 e. The maximum atomic E-state index is 12.9. The van der Waals surface area contributed by atoms with Gasteiger partial charge in [-0.05, 0) is 30.7 Å². The Morgan fingerprint density at radius 2 is 1.62 bits per heavy atom. The zero-order valence-corrected chi connectivity index (χ0v) is 14.5. The van der Waals surface area contributed by atoms with E-state index in [0.717, 1.165) is 10.0 Å². The normalized spacial score (nSPS) is 10.2. The topological polar surface area (TPSA) is 119 Å². The number of aryl methyl sites for hydroxylation is 1. The van der Waals surface area contributed by atoms with Crippen LogP contribution in [-0.4, -0.2) is 24.4 Å². The van der Waals surface area contributed by atoms with Crippen LogP contribution in [0.3, 0.4) is 0 Å². The van der Waals surface area contributed by atoms with Gasteiger partial charge in [0.1, 0.15) is 0 Å². The van der Waals surface area contributed by atoms with Gasteiger partial charge in [-0.25, -0.2) is 21.7 Å². The van der Waals surface area contributed by atoms with Gasteiger partial charge in [0.05, 0.1) is 16.9 Å². The first-order valence-corrected chi connectivity index (χ1v) is 7.77. The number of rotatable bonds is 5. The molecule has 0 aliphatic heterocycles. The second-order valence-electron chi connectivity index (χ2n) is 5.52. The van der Waals surface area contributed by atoms with Crippen LogP contribution in [0.2, 0.25) is 0 Å². The first-order valence-electron chi connectivity index (χ1n) is 7.77. The predicted octanol–water partition coefficient (Wildman–Crippen LogP) is 1.29. The summed E-state index contributed by atoms with van der Waals surface area (Å²) in [5, 5.41) is 1.76. The Morgan fingerprint density at radius 3 is 2.23 bits per heavy atom. The molecule has 0 aliphatic carbocycles. The highest BCUT2D eigenvalue weighted by molar-refractivity contribution is 6.12. The minimum absolute atomic E-state index is 0.165. The Hall–Kier alpha value is -3.23. The van der Waals surface area contributed by atoms with Gasteiger partial charge in [0.25, 0.3) is 11.8 Å². The predicted molar refractivity (Wildman–Crippen MR) is 96.9 cm³/mol. The molecule has 0 bridgehead atoms. The van der Waals surface area contributed by atoms with Gasteiger partial charge in [-0.1, -0.05) is 30.3 Å². The van der Waals surface area contributed by atoms with Crippen LogP contribution in [0.25, 0.3) is 0 Å². The van der Waals surface area contributed by atoms with Crippen molar-refractivity contribution in [3.05, 3.63) is 59.7 Å². The molecule has 4 N–H and O–H groups in total. The van der Waals surface area contributed by atoms with E-state index >= 15 is 0 Å². The number of nitrogens with zero attached hydrogens (tertiary/aromatic N) is 2. The highest BCUT2D eigenvalue weighted by Gasteiger charge is 2.25. The van der Waals surface area contributed by atoms with Crippen molar-refractivity contribution in [3.8, 4) is 0 Å². The molecule has 0 saturated carbocycles. The van der Waals surface area contributed by atoms with Crippen LogP contribution >= 0.6 is 0 Å². The molecule has 0 aliphatic rings. The molecule has 0 aromatic heterocycles. The van der Waals surface area contributed by atoms with E-state index in [-0.39, 0.29) is 11.3 Å². The lowest BCUT2D eigenvalue weighted by Gasteiger charge is -2.24. The summed E-state index contributed by atoms with van der Waals surface area (Å²) in [5.41, 5.74) is 1.42. The number of hydrogen-bond acceptors (Lipinski definition) is 6. The summed E-state index contributed by atoms with van der Waals surface area (Å²) < 4.78 is 4.66. The third kappa shape index (κ3) is 4.24. The Morgan fingerprint density at radius 1 is 0.962 bits per heavy atom. The van der Waals surface area contributed by atoms with Crippen LogP contribution in [0, 0.1) is 6.92 Å². The average molecular weight is 356 g/mol. The first-order chi connectivity index (χ1) is 12.3. The molecular formula is C18H20N4O4. The molecule has 8 nitrogen and oxygen atoms in total. The van der Waals surface area contributed by atoms with Gasteiger partial charge >= 0.3 is 5.97 Å². The van der Waals surface area contributed by atoms with Crippen LogP contribution in [0.5, 0.6) is 0 Å². The molecular weight excluding hydrogens is 336 g/mol. The van der Waals surface area contributed by atoms with Gasteiger partial charge in [-0.2, -0.15) is 0 Å². The fourth-order valence-corrected chi connectivity index (χ4v) is 2.32. The smallest absolute Gasteiger partial charge is 0.303 e. The molecule has 0 spiro atoms. The second kappa shape index (κ2) is 8.24. The number of ether oxygens (including phenoxy) is 1. The lowest BCUT2D eigenvalue weighted by atomic mass is 10.0. The molecule has 0 fully saturated rings. The van der Waals surface area contributed by atoms with Crippen LogP contribution in [-0.2, 0) is 14.3 Å². The molecule has 0 heterocycles. The molecule has 2 aromatic carbocycles. The summed E-state index contributed by atoms with van der Waals surface area (Å²) >= 11 is 0. The maximum absolute atomic E-state index is 12.9. The minimum Gasteiger partial charge on any atom is -0.456 e. The molecule has 2 rings (SSSR count). The van der Waals surface area contributed by atoms with Gasteiger partial charge in [0.2, 0.25) is 0 Å². The highest BCUT2D eigenvalue weighted by Crippen LogP contribution is 2.25. The van der Waals surface area contributed by atoms with Crippen LogP contribution < -0.4 is 21.7 Å². The molecule has 8 heteroatoms. The van der Waals surface area contributed by atoms with E-state index in [2.05, 4.69) is 4.74 Å². The first kappa shape index (κ1) is 19.1. The summed E-state index contributed by atoms with van der Waals surface area (Å²) in [5.74, 6) is 9.99. The van der Waals surface area contributed by atoms with Crippen molar-refractivity contribution in [3.63, 3.8) is 0 Å². The number of benzene rings is 2. The van der Waals surface area contributed by atoms with Gasteiger partial charge in [-0.15, -0.1) is 0 Å². The average Bonchev–Trinajstić information content (AvgIpc) is 2.64. The van der Waals surface area contributed by atoms with E-state index in [1.807, 2.05) is 0 Å². The quantitative estimate of drug-likeness (QED) is 0.360. The third-order valence-corrected chi connectivity index (χ3v) is 3.64. The molecule has 2 amide bonds. The van der Waals surface area contributed by atoms with Crippen molar-refractivity contribution in [2.24, 2.45) is 11.7 Å². The number of amides is 2. The van der Waals surface area contributed by atoms with E-state index in [1.54, 1.807) is 49.4 Å². The zero-order valence-electron chi connectivity index (χ0n) is 14.5. The maximum Gasteiger partial charge on any atom is 0.303 e. The highest BCUT2D eigenvalue weighted by atomic mass is 16.5. The number of hydrazine groups is 2. The lowest BCUT2D eigenvalue weighted by molar-refractivity contribution is -0.145. The Balaban J connectivity index is 2.36. The molecule has 0 unspecified atom stereocenters. The van der Waals surface area contributed by atoms with E-state index in [1.165, 1.54) is 13.0 Å². The number of carbonyl (C=O) groups excluding carboxylic acids is 3. The van der Waals surface area contributed by atoms with Crippen molar-refractivity contribution in [2.45, 2.75) is 13.8 Å². The number of esters is 1. The molecule has 2 aromatic rings. The molecule has 0 radical (unpaired) electrons. The second-order valence-corrected chi connectivity index (χ2v) is 5.52. The number of anilines is 2. The Kier molecular flexibility index (Phi) is 6.05. The summed E-state index contributed by atoms with van der Waals surface area (Å²) in [4.78, 5) is 35.9. The standard InChI is InChI=1S/C18H20N4O4/c1-12-7-6-10-15(22(20)16(24)11-26-13(2)23)17(12)18(25)21(19)14-8-4-3-5-9-14/h3-10H,11,19-20H2,1-2H3. The van der Waals surface area contributed by atoms with Crippen molar-refractivity contribution in [1.29, 1.82) is 0 Å². The molecule has 136 valence electrons. The van der Waals surface area contributed by atoms with Crippen LogP contribution in [0.1, 0.15) is 22.8 Å². The summed E-state index contributed by atoms with van der Waals surface area (Å²) in [6.45, 7) is 2.36.